The Balaban J connectivity index is 1.81. The Morgan fingerprint density at radius 3 is 2.44 bits per heavy atom. The van der Waals surface area contributed by atoms with Crippen LogP contribution in [0.2, 0.25) is 0 Å². The molecule has 0 aromatic carbocycles. The number of hydrogen-bond donors (Lipinski definition) is 1. The maximum atomic E-state index is 6.60. The zero-order valence-corrected chi connectivity index (χ0v) is 17.2. The van der Waals surface area contributed by atoms with E-state index in [9.17, 15) is 0 Å². The Kier molecular flexibility index (Phi) is 7.32. The van der Waals surface area contributed by atoms with E-state index in [1.807, 2.05) is 0 Å². The fourth-order valence-electron chi connectivity index (χ4n) is 5.27. The standard InChI is InChI=1S/C23H37NO3/c1-25-17-22-12-13-23(27-22,18-26-2)16-21(15-22)20(9-6-14-24)11-10-19-7-4-3-5-8-19/h6-7,9,11,21H,3-5,8,10,12-18,24H2,1-2H3/b9-6-,20-11+/t21-,22-,23+. The Labute approximate surface area is 164 Å². The van der Waals surface area contributed by atoms with Crippen molar-refractivity contribution in [1.29, 1.82) is 0 Å². The van der Waals surface area contributed by atoms with E-state index in [1.165, 1.54) is 31.3 Å². The van der Waals surface area contributed by atoms with Gasteiger partial charge in [-0.25, -0.2) is 0 Å². The van der Waals surface area contributed by atoms with Crippen molar-refractivity contribution in [3.8, 4) is 0 Å². The van der Waals surface area contributed by atoms with Gasteiger partial charge in [0.25, 0.3) is 0 Å². The minimum atomic E-state index is -0.171. The number of allylic oxidation sites excluding steroid dienone is 5. The van der Waals surface area contributed by atoms with Crippen LogP contribution in [0.4, 0.5) is 0 Å². The van der Waals surface area contributed by atoms with Gasteiger partial charge in [0.1, 0.15) is 0 Å². The van der Waals surface area contributed by atoms with Crippen molar-refractivity contribution in [1.82, 2.24) is 0 Å². The molecule has 2 aliphatic heterocycles. The van der Waals surface area contributed by atoms with Gasteiger partial charge in [-0.05, 0) is 69.3 Å². The summed E-state index contributed by atoms with van der Waals surface area (Å²) in [5.41, 5.74) is 8.43. The van der Waals surface area contributed by atoms with Gasteiger partial charge < -0.3 is 19.9 Å². The maximum absolute atomic E-state index is 6.60. The fourth-order valence-corrected chi connectivity index (χ4v) is 5.27. The highest BCUT2D eigenvalue weighted by atomic mass is 16.6. The SMILES string of the molecule is COC[C@@]12CC[C@@](COC)(C[C@H](C(/C=C\CN)=C/CC3=CCCCC3)C1)O2. The molecule has 2 saturated heterocycles. The van der Waals surface area contributed by atoms with Gasteiger partial charge in [0.15, 0.2) is 0 Å². The lowest BCUT2D eigenvalue weighted by atomic mass is 9.78. The fraction of sp³-hybridized carbons (Fsp3) is 0.739. The first-order valence-electron chi connectivity index (χ1n) is 10.6. The highest BCUT2D eigenvalue weighted by molar-refractivity contribution is 5.28. The topological polar surface area (TPSA) is 53.7 Å². The minimum Gasteiger partial charge on any atom is -0.382 e. The Hall–Kier alpha value is -0.940. The third kappa shape index (κ3) is 5.11. The van der Waals surface area contributed by atoms with Gasteiger partial charge in [-0.3, -0.25) is 0 Å². The van der Waals surface area contributed by atoms with E-state index >= 15 is 0 Å². The van der Waals surface area contributed by atoms with Crippen molar-refractivity contribution in [3.63, 3.8) is 0 Å². The molecule has 0 aromatic heterocycles. The molecule has 0 radical (unpaired) electrons. The molecule has 0 amide bonds. The van der Waals surface area contributed by atoms with Crippen LogP contribution in [0, 0.1) is 5.92 Å². The predicted molar refractivity (Wildman–Crippen MR) is 110 cm³/mol. The second-order valence-corrected chi connectivity index (χ2v) is 8.59. The van der Waals surface area contributed by atoms with Gasteiger partial charge in [-0.1, -0.05) is 29.9 Å². The molecule has 0 unspecified atom stereocenters. The van der Waals surface area contributed by atoms with E-state index in [0.29, 0.717) is 25.7 Å². The van der Waals surface area contributed by atoms with Crippen molar-refractivity contribution in [2.75, 3.05) is 34.0 Å². The van der Waals surface area contributed by atoms with E-state index in [2.05, 4.69) is 24.3 Å². The second kappa shape index (κ2) is 9.51. The summed E-state index contributed by atoms with van der Waals surface area (Å²) in [4.78, 5) is 0. The van der Waals surface area contributed by atoms with Gasteiger partial charge in [0.05, 0.1) is 24.4 Å². The summed E-state index contributed by atoms with van der Waals surface area (Å²) in [6, 6.07) is 0. The number of methoxy groups -OCH3 is 2. The third-order valence-corrected chi connectivity index (χ3v) is 6.42. The van der Waals surface area contributed by atoms with E-state index in [1.54, 1.807) is 19.8 Å². The van der Waals surface area contributed by atoms with Crippen molar-refractivity contribution < 1.29 is 14.2 Å². The van der Waals surface area contributed by atoms with Crippen molar-refractivity contribution in [3.05, 3.63) is 35.5 Å². The molecule has 2 fully saturated rings. The summed E-state index contributed by atoms with van der Waals surface area (Å²) in [7, 11) is 3.55. The Bertz CT molecular complexity index is 560. The highest BCUT2D eigenvalue weighted by Crippen LogP contribution is 2.52. The zero-order chi connectivity index (χ0) is 19.2. The van der Waals surface area contributed by atoms with Crippen molar-refractivity contribution >= 4 is 0 Å². The molecule has 2 N–H and O–H groups in total. The van der Waals surface area contributed by atoms with Gasteiger partial charge in [-0.15, -0.1) is 0 Å². The molecule has 4 nitrogen and oxygen atoms in total. The molecule has 3 atom stereocenters. The summed E-state index contributed by atoms with van der Waals surface area (Å²) >= 11 is 0. The molecular formula is C23H37NO3. The van der Waals surface area contributed by atoms with Crippen molar-refractivity contribution in [2.45, 2.75) is 69.0 Å². The summed E-state index contributed by atoms with van der Waals surface area (Å²) < 4.78 is 17.7. The summed E-state index contributed by atoms with van der Waals surface area (Å²) in [6.07, 6.45) is 19.6. The lowest BCUT2D eigenvalue weighted by molar-refractivity contribution is -0.188. The highest BCUT2D eigenvalue weighted by Gasteiger charge is 2.55. The van der Waals surface area contributed by atoms with Crippen LogP contribution in [0.25, 0.3) is 0 Å². The average molecular weight is 376 g/mol. The molecule has 4 heteroatoms. The predicted octanol–water partition coefficient (Wildman–Crippen LogP) is 4.31. The Morgan fingerprint density at radius 1 is 1.19 bits per heavy atom. The molecule has 27 heavy (non-hydrogen) atoms. The van der Waals surface area contributed by atoms with Crippen LogP contribution in [0.15, 0.2) is 35.5 Å². The van der Waals surface area contributed by atoms with Gasteiger partial charge in [0.2, 0.25) is 0 Å². The van der Waals surface area contributed by atoms with Gasteiger partial charge >= 0.3 is 0 Å². The van der Waals surface area contributed by atoms with Crippen molar-refractivity contribution in [2.24, 2.45) is 11.7 Å². The van der Waals surface area contributed by atoms with Crippen LogP contribution in [0.5, 0.6) is 0 Å². The van der Waals surface area contributed by atoms with E-state index < -0.39 is 0 Å². The van der Waals surface area contributed by atoms with E-state index in [0.717, 1.165) is 32.1 Å². The largest absolute Gasteiger partial charge is 0.382 e. The molecule has 0 spiro atoms. The van der Waals surface area contributed by atoms with Crippen LogP contribution >= 0.6 is 0 Å². The lowest BCUT2D eigenvalue weighted by Gasteiger charge is -2.44. The van der Waals surface area contributed by atoms with E-state index in [-0.39, 0.29) is 11.2 Å². The first kappa shape index (κ1) is 20.8. The average Bonchev–Trinajstić information content (AvgIpc) is 2.93. The molecule has 0 aromatic rings. The van der Waals surface area contributed by atoms with Crippen LogP contribution in [0.3, 0.4) is 0 Å². The quantitative estimate of drug-likeness (QED) is 0.482. The van der Waals surface area contributed by atoms with E-state index in [4.69, 9.17) is 19.9 Å². The smallest absolute Gasteiger partial charge is 0.0930 e. The number of ether oxygens (including phenoxy) is 3. The van der Waals surface area contributed by atoms with Crippen LogP contribution in [-0.2, 0) is 14.2 Å². The number of fused-ring (bicyclic) bond motifs is 2. The van der Waals surface area contributed by atoms with Gasteiger partial charge in [0, 0.05) is 20.8 Å². The molecular weight excluding hydrogens is 338 g/mol. The zero-order valence-electron chi connectivity index (χ0n) is 17.2. The summed E-state index contributed by atoms with van der Waals surface area (Å²) in [5.74, 6) is 0.471. The third-order valence-electron chi connectivity index (χ3n) is 6.42. The monoisotopic (exact) mass is 375 g/mol. The Morgan fingerprint density at radius 2 is 1.89 bits per heavy atom. The summed E-state index contributed by atoms with van der Waals surface area (Å²) in [6.45, 7) is 1.90. The van der Waals surface area contributed by atoms with Crippen LogP contribution in [-0.4, -0.2) is 45.2 Å². The first-order chi connectivity index (χ1) is 13.1. The minimum absolute atomic E-state index is 0.171. The first-order valence-corrected chi connectivity index (χ1v) is 10.6. The molecule has 3 rings (SSSR count). The maximum Gasteiger partial charge on any atom is 0.0930 e. The number of nitrogens with two attached hydrogens (primary N) is 1. The normalized spacial score (nSPS) is 34.3. The molecule has 2 bridgehead atoms. The van der Waals surface area contributed by atoms with Crippen LogP contribution in [0.1, 0.15) is 57.8 Å². The summed E-state index contributed by atoms with van der Waals surface area (Å²) in [5, 5.41) is 0. The molecule has 152 valence electrons. The van der Waals surface area contributed by atoms with Crippen LogP contribution < -0.4 is 5.73 Å². The van der Waals surface area contributed by atoms with Gasteiger partial charge in [-0.2, -0.15) is 0 Å². The molecule has 0 saturated carbocycles. The molecule has 2 heterocycles. The second-order valence-electron chi connectivity index (χ2n) is 8.59. The lowest BCUT2D eigenvalue weighted by Crippen LogP contribution is -2.48. The molecule has 3 aliphatic rings. The molecule has 1 aliphatic carbocycles. The number of hydrogen-bond acceptors (Lipinski definition) is 4. The number of rotatable bonds is 9.